The lowest BCUT2D eigenvalue weighted by molar-refractivity contribution is -0.384. The van der Waals surface area contributed by atoms with Crippen molar-refractivity contribution in [3.05, 3.63) is 33.9 Å². The Balaban J connectivity index is 1.67. The quantitative estimate of drug-likeness (QED) is 0.437. The second kappa shape index (κ2) is 9.03. The van der Waals surface area contributed by atoms with Crippen molar-refractivity contribution in [1.82, 2.24) is 4.90 Å². The maximum atomic E-state index is 12.3. The summed E-state index contributed by atoms with van der Waals surface area (Å²) in [6, 6.07) is 4.40. The van der Waals surface area contributed by atoms with Crippen LogP contribution in [0.25, 0.3) is 0 Å². The van der Waals surface area contributed by atoms with Crippen LogP contribution >= 0.6 is 0 Å². The zero-order valence-corrected chi connectivity index (χ0v) is 16.3. The zero-order valence-electron chi connectivity index (χ0n) is 16.3. The molecule has 0 N–H and O–H groups in total. The number of benzene rings is 1. The number of hydrogen-bond acceptors (Lipinski definition) is 6. The van der Waals surface area contributed by atoms with Crippen molar-refractivity contribution in [3.63, 3.8) is 0 Å². The van der Waals surface area contributed by atoms with E-state index in [9.17, 15) is 19.7 Å². The van der Waals surface area contributed by atoms with Crippen LogP contribution in [0.1, 0.15) is 49.4 Å². The fourth-order valence-electron chi connectivity index (χ4n) is 3.92. The molecule has 1 aromatic carbocycles. The third-order valence-corrected chi connectivity index (χ3v) is 5.44. The number of nitro groups is 1. The maximum absolute atomic E-state index is 12.3. The van der Waals surface area contributed by atoms with E-state index in [1.807, 2.05) is 4.90 Å². The molecule has 2 aliphatic heterocycles. The second-order valence-corrected chi connectivity index (χ2v) is 7.67. The number of rotatable bonds is 5. The number of hydrogen-bond donors (Lipinski definition) is 0. The Morgan fingerprint density at radius 2 is 1.93 bits per heavy atom. The van der Waals surface area contributed by atoms with Gasteiger partial charge in [-0.25, -0.2) is 4.79 Å². The number of likely N-dealkylation sites (tertiary alicyclic amines) is 1. The minimum absolute atomic E-state index is 0.0898. The largest absolute Gasteiger partial charge is 0.452 e. The van der Waals surface area contributed by atoms with Crippen LogP contribution in [-0.4, -0.2) is 54.5 Å². The predicted octanol–water partition coefficient (Wildman–Crippen LogP) is 3.00. The molecular formula is C20H27N3O5. The van der Waals surface area contributed by atoms with Crippen molar-refractivity contribution in [2.75, 3.05) is 37.7 Å². The van der Waals surface area contributed by atoms with Crippen LogP contribution < -0.4 is 4.90 Å². The molecule has 2 fully saturated rings. The van der Waals surface area contributed by atoms with E-state index in [2.05, 4.69) is 6.92 Å². The fourth-order valence-corrected chi connectivity index (χ4v) is 3.92. The summed E-state index contributed by atoms with van der Waals surface area (Å²) in [6.07, 6.45) is 5.13. The van der Waals surface area contributed by atoms with Gasteiger partial charge in [-0.1, -0.05) is 6.92 Å². The first-order valence-corrected chi connectivity index (χ1v) is 9.94. The first-order valence-electron chi connectivity index (χ1n) is 9.94. The Morgan fingerprint density at radius 3 is 2.61 bits per heavy atom. The smallest absolute Gasteiger partial charge is 0.338 e. The Labute approximate surface area is 164 Å². The molecule has 1 amide bonds. The number of carbonyl (C=O) groups is 2. The van der Waals surface area contributed by atoms with E-state index in [1.165, 1.54) is 12.1 Å². The van der Waals surface area contributed by atoms with Crippen molar-refractivity contribution >= 4 is 23.3 Å². The lowest BCUT2D eigenvalue weighted by Crippen LogP contribution is -2.38. The Kier molecular flexibility index (Phi) is 6.49. The highest BCUT2D eigenvalue weighted by Gasteiger charge is 2.26. The highest BCUT2D eigenvalue weighted by atomic mass is 16.6. The van der Waals surface area contributed by atoms with E-state index < -0.39 is 10.9 Å². The summed E-state index contributed by atoms with van der Waals surface area (Å²) in [5.41, 5.74) is 0.510. The molecule has 0 bridgehead atoms. The van der Waals surface area contributed by atoms with Gasteiger partial charge in [-0.05, 0) is 50.2 Å². The van der Waals surface area contributed by atoms with Crippen LogP contribution in [0.4, 0.5) is 11.4 Å². The molecule has 3 rings (SSSR count). The molecule has 28 heavy (non-hydrogen) atoms. The summed E-state index contributed by atoms with van der Waals surface area (Å²) >= 11 is 0. The van der Waals surface area contributed by atoms with Gasteiger partial charge in [0.1, 0.15) is 5.69 Å². The third-order valence-electron chi connectivity index (χ3n) is 5.44. The van der Waals surface area contributed by atoms with E-state index >= 15 is 0 Å². The van der Waals surface area contributed by atoms with Crippen molar-refractivity contribution in [3.8, 4) is 0 Å². The predicted molar refractivity (Wildman–Crippen MR) is 104 cm³/mol. The van der Waals surface area contributed by atoms with E-state index in [1.54, 1.807) is 11.0 Å². The van der Waals surface area contributed by atoms with Gasteiger partial charge in [-0.15, -0.1) is 0 Å². The van der Waals surface area contributed by atoms with E-state index in [0.717, 1.165) is 45.2 Å². The summed E-state index contributed by atoms with van der Waals surface area (Å²) < 4.78 is 5.11. The van der Waals surface area contributed by atoms with Gasteiger partial charge in [-0.3, -0.25) is 14.9 Å². The molecule has 2 heterocycles. The molecule has 0 aliphatic carbocycles. The van der Waals surface area contributed by atoms with Gasteiger partial charge in [0.25, 0.3) is 11.6 Å². The maximum Gasteiger partial charge on any atom is 0.338 e. The standard InChI is InChI=1S/C20H27N3O5/c1-15-6-5-11-22(13-15)17-8-7-16(12-18(17)23(26)27)20(25)28-14-19(24)21-9-3-2-4-10-21/h7-8,12,15H,2-6,9-11,13-14H2,1H3/t15-/m0/s1. The van der Waals surface area contributed by atoms with Gasteiger partial charge in [0, 0.05) is 32.2 Å². The number of nitro benzene ring substituents is 1. The third kappa shape index (κ3) is 4.79. The van der Waals surface area contributed by atoms with Gasteiger partial charge in [0.2, 0.25) is 0 Å². The van der Waals surface area contributed by atoms with Gasteiger partial charge < -0.3 is 14.5 Å². The molecule has 152 valence electrons. The number of amides is 1. The Hall–Kier alpha value is -2.64. The number of nitrogens with zero attached hydrogens (tertiary/aromatic N) is 3. The lowest BCUT2D eigenvalue weighted by Gasteiger charge is -2.32. The highest BCUT2D eigenvalue weighted by Crippen LogP contribution is 2.32. The van der Waals surface area contributed by atoms with Crippen molar-refractivity contribution in [2.45, 2.75) is 39.0 Å². The minimum atomic E-state index is -0.716. The molecule has 2 saturated heterocycles. The van der Waals surface area contributed by atoms with Crippen LogP contribution in [0.5, 0.6) is 0 Å². The van der Waals surface area contributed by atoms with Crippen molar-refractivity contribution in [1.29, 1.82) is 0 Å². The molecule has 0 unspecified atom stereocenters. The van der Waals surface area contributed by atoms with Gasteiger partial charge in [0.05, 0.1) is 10.5 Å². The number of piperidine rings is 2. The molecule has 0 spiro atoms. The lowest BCUT2D eigenvalue weighted by atomic mass is 9.99. The van der Waals surface area contributed by atoms with Gasteiger partial charge in [-0.2, -0.15) is 0 Å². The normalized spacial score (nSPS) is 20.0. The van der Waals surface area contributed by atoms with Crippen LogP contribution in [0.3, 0.4) is 0 Å². The van der Waals surface area contributed by atoms with Crippen molar-refractivity contribution in [2.24, 2.45) is 5.92 Å². The number of esters is 1. The average molecular weight is 389 g/mol. The fraction of sp³-hybridized carbons (Fsp3) is 0.600. The SMILES string of the molecule is C[C@H]1CCCN(c2ccc(C(=O)OCC(=O)N3CCCCC3)cc2[N+](=O)[O-])C1. The first kappa shape index (κ1) is 20.1. The molecule has 0 saturated carbocycles. The zero-order chi connectivity index (χ0) is 20.1. The Bertz CT molecular complexity index is 745. The van der Waals surface area contributed by atoms with E-state index in [-0.39, 0.29) is 23.8 Å². The van der Waals surface area contributed by atoms with E-state index in [4.69, 9.17) is 4.74 Å². The first-order chi connectivity index (χ1) is 13.5. The van der Waals surface area contributed by atoms with Crippen LogP contribution in [0.15, 0.2) is 18.2 Å². The second-order valence-electron chi connectivity index (χ2n) is 7.67. The molecule has 8 nitrogen and oxygen atoms in total. The number of ether oxygens (including phenoxy) is 1. The summed E-state index contributed by atoms with van der Waals surface area (Å²) in [4.78, 5) is 39.2. The molecule has 1 atom stereocenters. The Morgan fingerprint density at radius 1 is 1.18 bits per heavy atom. The van der Waals surface area contributed by atoms with Gasteiger partial charge in [0.15, 0.2) is 6.61 Å². The summed E-state index contributed by atoms with van der Waals surface area (Å²) in [5.74, 6) is -0.465. The summed E-state index contributed by atoms with van der Waals surface area (Å²) in [5, 5.41) is 11.6. The molecular weight excluding hydrogens is 362 g/mol. The summed E-state index contributed by atoms with van der Waals surface area (Å²) in [7, 11) is 0. The number of carbonyl (C=O) groups excluding carboxylic acids is 2. The molecule has 0 aromatic heterocycles. The van der Waals surface area contributed by atoms with Crippen LogP contribution in [-0.2, 0) is 9.53 Å². The number of anilines is 1. The van der Waals surface area contributed by atoms with Crippen LogP contribution in [0.2, 0.25) is 0 Å². The van der Waals surface area contributed by atoms with Crippen LogP contribution in [0, 0.1) is 16.0 Å². The minimum Gasteiger partial charge on any atom is -0.452 e. The molecule has 0 radical (unpaired) electrons. The monoisotopic (exact) mass is 389 g/mol. The topological polar surface area (TPSA) is 93.0 Å². The van der Waals surface area contributed by atoms with E-state index in [0.29, 0.717) is 24.7 Å². The molecule has 8 heteroatoms. The molecule has 1 aromatic rings. The average Bonchev–Trinajstić information content (AvgIpc) is 2.72. The summed E-state index contributed by atoms with van der Waals surface area (Å²) in [6.45, 7) is 4.69. The highest BCUT2D eigenvalue weighted by molar-refractivity contribution is 5.93. The van der Waals surface area contributed by atoms with Gasteiger partial charge >= 0.3 is 5.97 Å². The van der Waals surface area contributed by atoms with Crippen molar-refractivity contribution < 1.29 is 19.2 Å². The molecule has 2 aliphatic rings.